The number of likely N-dealkylation sites (N-methyl/N-ethyl adjacent to an activating group) is 1. The van der Waals surface area contributed by atoms with Gasteiger partial charge in [0.05, 0.1) is 24.5 Å². The molecule has 1 aliphatic heterocycles. The van der Waals surface area contributed by atoms with Crippen molar-refractivity contribution in [3.63, 3.8) is 0 Å². The summed E-state index contributed by atoms with van der Waals surface area (Å²) in [5.74, 6) is 0. The molecule has 0 bridgehead atoms. The highest BCUT2D eigenvalue weighted by Gasteiger charge is 2.15. The average Bonchev–Trinajstić information content (AvgIpc) is 2.32. The summed E-state index contributed by atoms with van der Waals surface area (Å²) in [6.07, 6.45) is 1.14. The first-order chi connectivity index (χ1) is 8.56. The Morgan fingerprint density at radius 1 is 1.39 bits per heavy atom. The third kappa shape index (κ3) is 3.08. The molecule has 1 aliphatic rings. The molecule has 100 valence electrons. The van der Waals surface area contributed by atoms with Crippen molar-refractivity contribution >= 4 is 5.69 Å². The number of nitrogens with zero attached hydrogens (tertiary/aromatic N) is 4. The standard InChI is InChI=1S/C12H20N4O2/c1-10(17)9-16-12(18)7-11(8-13-16)15-5-3-14(2)4-6-15/h7-8,10,17H,3-6,9H2,1-2H3. The Balaban J connectivity index is 2.11. The van der Waals surface area contributed by atoms with Crippen molar-refractivity contribution in [2.24, 2.45) is 0 Å². The molecule has 0 saturated carbocycles. The predicted molar refractivity (Wildman–Crippen MR) is 69.9 cm³/mol. The number of rotatable bonds is 3. The number of anilines is 1. The summed E-state index contributed by atoms with van der Waals surface area (Å²) in [6.45, 7) is 5.70. The molecule has 1 unspecified atom stereocenters. The first kappa shape index (κ1) is 13.0. The lowest BCUT2D eigenvalue weighted by Crippen LogP contribution is -2.45. The summed E-state index contributed by atoms with van der Waals surface area (Å²) in [7, 11) is 2.09. The van der Waals surface area contributed by atoms with Crippen LogP contribution in [0, 0.1) is 0 Å². The van der Waals surface area contributed by atoms with E-state index >= 15 is 0 Å². The minimum absolute atomic E-state index is 0.160. The molecule has 0 amide bonds. The average molecular weight is 252 g/mol. The SMILES string of the molecule is CC(O)Cn1ncc(N2CCN(C)CC2)cc1=O. The molecule has 0 aromatic carbocycles. The molecule has 6 nitrogen and oxygen atoms in total. The summed E-state index contributed by atoms with van der Waals surface area (Å²) in [4.78, 5) is 16.3. The van der Waals surface area contributed by atoms with Crippen molar-refractivity contribution in [1.29, 1.82) is 0 Å². The zero-order valence-electron chi connectivity index (χ0n) is 10.9. The van der Waals surface area contributed by atoms with E-state index in [1.54, 1.807) is 19.2 Å². The molecule has 2 heterocycles. The van der Waals surface area contributed by atoms with Crippen LogP contribution in [-0.4, -0.2) is 59.1 Å². The van der Waals surface area contributed by atoms with E-state index in [1.807, 2.05) is 0 Å². The van der Waals surface area contributed by atoms with E-state index in [0.717, 1.165) is 31.9 Å². The Bertz CT molecular complexity index is 450. The molecule has 1 N–H and O–H groups in total. The fourth-order valence-electron chi connectivity index (χ4n) is 2.05. The summed E-state index contributed by atoms with van der Waals surface area (Å²) < 4.78 is 1.30. The van der Waals surface area contributed by atoms with Gasteiger partial charge in [-0.2, -0.15) is 5.10 Å². The molecule has 1 aromatic rings. The third-order valence-electron chi connectivity index (χ3n) is 3.16. The van der Waals surface area contributed by atoms with Crippen LogP contribution in [0.3, 0.4) is 0 Å². The van der Waals surface area contributed by atoms with Crippen LogP contribution in [0.4, 0.5) is 5.69 Å². The second-order valence-corrected chi connectivity index (χ2v) is 4.87. The smallest absolute Gasteiger partial charge is 0.268 e. The molecule has 1 fully saturated rings. The second kappa shape index (κ2) is 5.49. The van der Waals surface area contributed by atoms with E-state index in [1.165, 1.54) is 4.68 Å². The Morgan fingerprint density at radius 2 is 2.06 bits per heavy atom. The highest BCUT2D eigenvalue weighted by atomic mass is 16.3. The first-order valence-corrected chi connectivity index (χ1v) is 6.25. The van der Waals surface area contributed by atoms with Gasteiger partial charge in [0.15, 0.2) is 0 Å². The highest BCUT2D eigenvalue weighted by Crippen LogP contribution is 2.11. The fourth-order valence-corrected chi connectivity index (χ4v) is 2.05. The Kier molecular flexibility index (Phi) is 3.98. The van der Waals surface area contributed by atoms with Crippen LogP contribution in [0.25, 0.3) is 0 Å². The Hall–Kier alpha value is -1.40. The van der Waals surface area contributed by atoms with E-state index in [9.17, 15) is 9.90 Å². The molecule has 6 heteroatoms. The maximum absolute atomic E-state index is 11.8. The number of aromatic nitrogens is 2. The molecular formula is C12H20N4O2. The summed E-state index contributed by atoms with van der Waals surface area (Å²) in [5.41, 5.74) is 0.710. The Labute approximate surface area is 106 Å². The number of piperazine rings is 1. The lowest BCUT2D eigenvalue weighted by atomic mass is 10.3. The van der Waals surface area contributed by atoms with Gasteiger partial charge in [0.2, 0.25) is 0 Å². The van der Waals surface area contributed by atoms with Gasteiger partial charge in [0, 0.05) is 32.2 Å². The van der Waals surface area contributed by atoms with Gasteiger partial charge in [0.25, 0.3) is 5.56 Å². The molecule has 1 saturated heterocycles. The van der Waals surface area contributed by atoms with E-state index in [4.69, 9.17) is 0 Å². The zero-order valence-corrected chi connectivity index (χ0v) is 10.9. The van der Waals surface area contributed by atoms with Crippen molar-refractivity contribution in [2.75, 3.05) is 38.1 Å². The van der Waals surface area contributed by atoms with Crippen molar-refractivity contribution in [3.8, 4) is 0 Å². The van der Waals surface area contributed by atoms with E-state index < -0.39 is 6.10 Å². The summed E-state index contributed by atoms with van der Waals surface area (Å²) in [5, 5.41) is 13.4. The van der Waals surface area contributed by atoms with Crippen LogP contribution in [0.15, 0.2) is 17.1 Å². The molecule has 1 aromatic heterocycles. The minimum atomic E-state index is -0.565. The second-order valence-electron chi connectivity index (χ2n) is 4.87. The molecule has 18 heavy (non-hydrogen) atoms. The van der Waals surface area contributed by atoms with Crippen molar-refractivity contribution in [1.82, 2.24) is 14.7 Å². The number of hydrogen-bond acceptors (Lipinski definition) is 5. The minimum Gasteiger partial charge on any atom is -0.391 e. The van der Waals surface area contributed by atoms with Gasteiger partial charge in [-0.3, -0.25) is 4.79 Å². The van der Waals surface area contributed by atoms with E-state index in [2.05, 4.69) is 21.9 Å². The predicted octanol–water partition coefficient (Wildman–Crippen LogP) is -0.624. The lowest BCUT2D eigenvalue weighted by Gasteiger charge is -2.33. The van der Waals surface area contributed by atoms with Crippen LogP contribution < -0.4 is 10.5 Å². The van der Waals surface area contributed by atoms with Gasteiger partial charge >= 0.3 is 0 Å². The molecule has 0 aliphatic carbocycles. The van der Waals surface area contributed by atoms with Crippen molar-refractivity contribution in [3.05, 3.63) is 22.6 Å². The molecule has 0 radical (unpaired) electrons. The van der Waals surface area contributed by atoms with Gasteiger partial charge < -0.3 is 14.9 Å². The zero-order chi connectivity index (χ0) is 13.1. The first-order valence-electron chi connectivity index (χ1n) is 6.25. The van der Waals surface area contributed by atoms with E-state index in [-0.39, 0.29) is 12.1 Å². The fraction of sp³-hybridized carbons (Fsp3) is 0.667. The number of aliphatic hydroxyl groups excluding tert-OH is 1. The monoisotopic (exact) mass is 252 g/mol. The van der Waals surface area contributed by atoms with Crippen molar-refractivity contribution in [2.45, 2.75) is 19.6 Å². The molecule has 0 spiro atoms. The molecule has 1 atom stereocenters. The normalized spacial score (nSPS) is 18.9. The van der Waals surface area contributed by atoms with Crippen LogP contribution in [0.1, 0.15) is 6.92 Å². The van der Waals surface area contributed by atoms with Gasteiger partial charge in [-0.1, -0.05) is 0 Å². The van der Waals surface area contributed by atoms with Crippen LogP contribution in [0.5, 0.6) is 0 Å². The number of aliphatic hydroxyl groups is 1. The Morgan fingerprint density at radius 3 is 2.61 bits per heavy atom. The number of hydrogen-bond donors (Lipinski definition) is 1. The molecular weight excluding hydrogens is 232 g/mol. The topological polar surface area (TPSA) is 61.6 Å². The summed E-state index contributed by atoms with van der Waals surface area (Å²) >= 11 is 0. The van der Waals surface area contributed by atoms with Gasteiger partial charge in [0.1, 0.15) is 0 Å². The highest BCUT2D eigenvalue weighted by molar-refractivity contribution is 5.43. The van der Waals surface area contributed by atoms with E-state index in [0.29, 0.717) is 0 Å². The van der Waals surface area contributed by atoms with Crippen molar-refractivity contribution < 1.29 is 5.11 Å². The molecule has 2 rings (SSSR count). The van der Waals surface area contributed by atoms with Crippen LogP contribution >= 0.6 is 0 Å². The largest absolute Gasteiger partial charge is 0.391 e. The van der Waals surface area contributed by atoms with Gasteiger partial charge in [-0.15, -0.1) is 0 Å². The van der Waals surface area contributed by atoms with Crippen LogP contribution in [-0.2, 0) is 6.54 Å². The third-order valence-corrected chi connectivity index (χ3v) is 3.16. The quantitative estimate of drug-likeness (QED) is 0.776. The van der Waals surface area contributed by atoms with Gasteiger partial charge in [-0.25, -0.2) is 4.68 Å². The maximum atomic E-state index is 11.8. The van der Waals surface area contributed by atoms with Gasteiger partial charge in [-0.05, 0) is 14.0 Å². The maximum Gasteiger partial charge on any atom is 0.268 e. The van der Waals surface area contributed by atoms with Crippen LogP contribution in [0.2, 0.25) is 0 Å². The lowest BCUT2D eigenvalue weighted by molar-refractivity contribution is 0.166. The summed E-state index contributed by atoms with van der Waals surface area (Å²) in [6, 6.07) is 1.60.